The molecule has 0 aromatic carbocycles. The quantitative estimate of drug-likeness (QED) is 0.639. The number of imidazole rings is 1. The monoisotopic (exact) mass is 161 g/mol. The van der Waals surface area contributed by atoms with Gasteiger partial charge in [0.2, 0.25) is 0 Å². The fourth-order valence-corrected chi connectivity index (χ4v) is 1.25. The molecule has 0 radical (unpaired) electrons. The molecule has 0 spiro atoms. The second kappa shape index (κ2) is 2.59. The third-order valence-corrected chi connectivity index (χ3v) is 1.84. The maximum atomic E-state index is 4.30. The topological polar surface area (TPSA) is 30.2 Å². The molecular weight excluding hydrogens is 150 g/mol. The Labute approximate surface area is 71.1 Å². The van der Waals surface area contributed by atoms with Gasteiger partial charge in [-0.3, -0.25) is 0 Å². The van der Waals surface area contributed by atoms with Crippen LogP contribution in [-0.2, 0) is 0 Å². The van der Waals surface area contributed by atoms with Gasteiger partial charge in [0.1, 0.15) is 5.82 Å². The summed E-state index contributed by atoms with van der Waals surface area (Å²) in [5.41, 5.74) is 1.06. The largest absolute Gasteiger partial charge is 0.239 e. The van der Waals surface area contributed by atoms with E-state index in [0.717, 1.165) is 11.3 Å². The molecule has 12 heavy (non-hydrogen) atoms. The fourth-order valence-electron chi connectivity index (χ4n) is 1.25. The van der Waals surface area contributed by atoms with Crippen molar-refractivity contribution < 1.29 is 0 Å². The third-order valence-electron chi connectivity index (χ3n) is 1.84. The zero-order chi connectivity index (χ0) is 8.55. The van der Waals surface area contributed by atoms with E-state index in [-0.39, 0.29) is 0 Å². The summed E-state index contributed by atoms with van der Waals surface area (Å²) in [5.74, 6) is 1.44. The Morgan fingerprint density at radius 1 is 1.42 bits per heavy atom. The summed E-state index contributed by atoms with van der Waals surface area (Å²) in [6, 6.07) is 3.92. The highest BCUT2D eigenvalue weighted by Crippen LogP contribution is 2.12. The summed E-state index contributed by atoms with van der Waals surface area (Å²) in [6.45, 7) is 4.23. The van der Waals surface area contributed by atoms with Crippen molar-refractivity contribution in [2.45, 2.75) is 19.8 Å². The molecule has 0 atom stereocenters. The van der Waals surface area contributed by atoms with Gasteiger partial charge < -0.3 is 0 Å². The van der Waals surface area contributed by atoms with Gasteiger partial charge in [-0.1, -0.05) is 13.8 Å². The Kier molecular flexibility index (Phi) is 1.57. The summed E-state index contributed by atoms with van der Waals surface area (Å²) in [7, 11) is 0. The predicted molar refractivity (Wildman–Crippen MR) is 47.1 cm³/mol. The van der Waals surface area contributed by atoms with Gasteiger partial charge in [-0.15, -0.1) is 0 Å². The molecule has 0 aliphatic rings. The van der Waals surface area contributed by atoms with E-state index < -0.39 is 0 Å². The molecule has 2 aromatic heterocycles. The van der Waals surface area contributed by atoms with Crippen molar-refractivity contribution in [1.29, 1.82) is 0 Å². The highest BCUT2D eigenvalue weighted by molar-refractivity contribution is 5.43. The van der Waals surface area contributed by atoms with Crippen molar-refractivity contribution in [2.75, 3.05) is 0 Å². The molecule has 0 unspecified atom stereocenters. The highest BCUT2D eigenvalue weighted by atomic mass is 15.3. The van der Waals surface area contributed by atoms with E-state index in [1.54, 1.807) is 6.20 Å². The van der Waals surface area contributed by atoms with Crippen molar-refractivity contribution in [1.82, 2.24) is 14.6 Å². The SMILES string of the molecule is CC(C)c1ncc2cccnn12. The Bertz CT molecular complexity index is 389. The van der Waals surface area contributed by atoms with Crippen LogP contribution in [0.25, 0.3) is 5.52 Å². The maximum Gasteiger partial charge on any atom is 0.133 e. The summed E-state index contributed by atoms with van der Waals surface area (Å²) < 4.78 is 1.88. The first kappa shape index (κ1) is 7.28. The third kappa shape index (κ3) is 0.978. The van der Waals surface area contributed by atoms with Gasteiger partial charge in [-0.05, 0) is 12.1 Å². The van der Waals surface area contributed by atoms with E-state index in [4.69, 9.17) is 0 Å². The summed E-state index contributed by atoms with van der Waals surface area (Å²) in [6.07, 6.45) is 3.63. The van der Waals surface area contributed by atoms with Gasteiger partial charge in [0.15, 0.2) is 0 Å². The van der Waals surface area contributed by atoms with Crippen LogP contribution in [0.2, 0.25) is 0 Å². The van der Waals surface area contributed by atoms with Crippen molar-refractivity contribution in [2.24, 2.45) is 0 Å². The number of fused-ring (bicyclic) bond motifs is 1. The van der Waals surface area contributed by atoms with Gasteiger partial charge in [0.05, 0.1) is 11.7 Å². The zero-order valence-electron chi connectivity index (χ0n) is 7.23. The van der Waals surface area contributed by atoms with Gasteiger partial charge in [-0.2, -0.15) is 5.10 Å². The lowest BCUT2D eigenvalue weighted by Crippen LogP contribution is -1.99. The Balaban J connectivity index is 2.70. The Morgan fingerprint density at radius 3 is 3.00 bits per heavy atom. The lowest BCUT2D eigenvalue weighted by atomic mass is 10.2. The predicted octanol–water partition coefficient (Wildman–Crippen LogP) is 1.85. The molecule has 0 fully saturated rings. The zero-order valence-corrected chi connectivity index (χ0v) is 7.23. The molecular formula is C9H11N3. The number of rotatable bonds is 1. The molecule has 3 nitrogen and oxygen atoms in total. The summed E-state index contributed by atoms with van der Waals surface area (Å²) in [4.78, 5) is 4.30. The van der Waals surface area contributed by atoms with E-state index in [9.17, 15) is 0 Å². The molecule has 62 valence electrons. The van der Waals surface area contributed by atoms with Crippen LogP contribution in [-0.4, -0.2) is 14.6 Å². The first-order valence-electron chi connectivity index (χ1n) is 4.07. The van der Waals surface area contributed by atoms with Gasteiger partial charge in [0, 0.05) is 12.1 Å². The van der Waals surface area contributed by atoms with Crippen LogP contribution >= 0.6 is 0 Å². The van der Waals surface area contributed by atoms with E-state index in [1.165, 1.54) is 0 Å². The number of aromatic nitrogens is 3. The molecule has 0 N–H and O–H groups in total. The lowest BCUT2D eigenvalue weighted by Gasteiger charge is -2.01. The second-order valence-corrected chi connectivity index (χ2v) is 3.13. The van der Waals surface area contributed by atoms with Crippen LogP contribution in [0.1, 0.15) is 25.6 Å². The molecule has 0 saturated carbocycles. The Morgan fingerprint density at radius 2 is 2.25 bits per heavy atom. The number of nitrogens with zero attached hydrogens (tertiary/aromatic N) is 3. The maximum absolute atomic E-state index is 4.30. The molecule has 2 aromatic rings. The Hall–Kier alpha value is -1.38. The smallest absolute Gasteiger partial charge is 0.133 e. The molecule has 0 aliphatic heterocycles. The molecule has 3 heteroatoms. The van der Waals surface area contributed by atoms with Crippen LogP contribution in [0, 0.1) is 0 Å². The first-order valence-corrected chi connectivity index (χ1v) is 4.07. The minimum Gasteiger partial charge on any atom is -0.239 e. The van der Waals surface area contributed by atoms with E-state index in [0.29, 0.717) is 5.92 Å². The molecule has 0 bridgehead atoms. The van der Waals surface area contributed by atoms with Crippen LogP contribution < -0.4 is 0 Å². The summed E-state index contributed by atoms with van der Waals surface area (Å²) in [5, 5.41) is 4.22. The van der Waals surface area contributed by atoms with Crippen LogP contribution in [0.15, 0.2) is 24.5 Å². The van der Waals surface area contributed by atoms with Crippen molar-refractivity contribution in [3.63, 3.8) is 0 Å². The average Bonchev–Trinajstić information content (AvgIpc) is 2.47. The minimum atomic E-state index is 0.419. The molecule has 0 saturated heterocycles. The van der Waals surface area contributed by atoms with Crippen molar-refractivity contribution in [3.8, 4) is 0 Å². The van der Waals surface area contributed by atoms with Crippen molar-refractivity contribution in [3.05, 3.63) is 30.4 Å². The fraction of sp³-hybridized carbons (Fsp3) is 0.333. The normalized spacial score (nSPS) is 11.2. The molecule has 0 amide bonds. The number of hydrogen-bond acceptors (Lipinski definition) is 2. The van der Waals surface area contributed by atoms with Gasteiger partial charge in [-0.25, -0.2) is 9.50 Å². The van der Waals surface area contributed by atoms with Gasteiger partial charge in [0.25, 0.3) is 0 Å². The van der Waals surface area contributed by atoms with Crippen LogP contribution in [0.4, 0.5) is 0 Å². The summed E-state index contributed by atoms with van der Waals surface area (Å²) >= 11 is 0. The number of hydrogen-bond donors (Lipinski definition) is 0. The second-order valence-electron chi connectivity index (χ2n) is 3.13. The standard InChI is InChI=1S/C9H11N3/c1-7(2)9-10-6-8-4-3-5-11-12(8)9/h3-7H,1-2H3. The van der Waals surface area contributed by atoms with E-state index in [2.05, 4.69) is 23.9 Å². The molecule has 0 aliphatic carbocycles. The average molecular weight is 161 g/mol. The highest BCUT2D eigenvalue weighted by Gasteiger charge is 2.06. The van der Waals surface area contributed by atoms with Crippen molar-refractivity contribution >= 4 is 5.52 Å². The molecule has 2 rings (SSSR count). The van der Waals surface area contributed by atoms with Crippen LogP contribution in [0.5, 0.6) is 0 Å². The van der Waals surface area contributed by atoms with Gasteiger partial charge >= 0.3 is 0 Å². The van der Waals surface area contributed by atoms with E-state index in [1.807, 2.05) is 22.8 Å². The minimum absolute atomic E-state index is 0.419. The van der Waals surface area contributed by atoms with Crippen LogP contribution in [0.3, 0.4) is 0 Å². The van der Waals surface area contributed by atoms with E-state index >= 15 is 0 Å². The molecule has 2 heterocycles. The lowest BCUT2D eigenvalue weighted by molar-refractivity contribution is 0.726. The first-order chi connectivity index (χ1) is 5.79.